The fourth-order valence-corrected chi connectivity index (χ4v) is 3.19. The summed E-state index contributed by atoms with van der Waals surface area (Å²) >= 11 is 5.86. The van der Waals surface area contributed by atoms with Crippen molar-refractivity contribution in [1.82, 2.24) is 0 Å². The normalized spacial score (nSPS) is 16.8. The zero-order valence-corrected chi connectivity index (χ0v) is 16.8. The van der Waals surface area contributed by atoms with Crippen molar-refractivity contribution in [2.24, 2.45) is 5.92 Å². The summed E-state index contributed by atoms with van der Waals surface area (Å²) in [6, 6.07) is 9.63. The molecule has 0 aliphatic carbocycles. The molecule has 0 saturated heterocycles. The summed E-state index contributed by atoms with van der Waals surface area (Å²) in [7, 11) is 0. The van der Waals surface area contributed by atoms with Crippen molar-refractivity contribution in [2.75, 3.05) is 10.2 Å². The molecular weight excluding hydrogens is 398 g/mol. The molecule has 9 heteroatoms. The van der Waals surface area contributed by atoms with E-state index in [-0.39, 0.29) is 17.3 Å². The summed E-state index contributed by atoms with van der Waals surface area (Å²) in [6.45, 7) is 5.22. The van der Waals surface area contributed by atoms with Gasteiger partial charge in [0.25, 0.3) is 11.6 Å². The maximum absolute atomic E-state index is 13.1. The number of ether oxygens (including phenoxy) is 1. The molecule has 0 saturated carbocycles. The van der Waals surface area contributed by atoms with Gasteiger partial charge in [-0.15, -0.1) is 0 Å². The van der Waals surface area contributed by atoms with Crippen molar-refractivity contribution in [3.8, 4) is 5.75 Å². The summed E-state index contributed by atoms with van der Waals surface area (Å²) in [5.74, 6) is -0.700. The van der Waals surface area contributed by atoms with Crippen LogP contribution in [0.5, 0.6) is 5.75 Å². The largest absolute Gasteiger partial charge is 0.478 e. The number of hydrogen-bond acceptors (Lipinski definition) is 5. The van der Waals surface area contributed by atoms with E-state index in [0.29, 0.717) is 16.5 Å². The van der Waals surface area contributed by atoms with Gasteiger partial charge in [0.15, 0.2) is 6.10 Å². The van der Waals surface area contributed by atoms with Crippen LogP contribution in [0.1, 0.15) is 20.8 Å². The Balaban J connectivity index is 1.97. The molecule has 0 fully saturated rings. The second kappa shape index (κ2) is 8.08. The molecule has 2 amide bonds. The van der Waals surface area contributed by atoms with E-state index in [1.165, 1.54) is 23.1 Å². The Morgan fingerprint density at radius 3 is 2.45 bits per heavy atom. The van der Waals surface area contributed by atoms with Crippen molar-refractivity contribution in [1.29, 1.82) is 0 Å². The van der Waals surface area contributed by atoms with Gasteiger partial charge in [-0.05, 0) is 43.2 Å². The Kier molecular flexibility index (Phi) is 5.74. The predicted octanol–water partition coefficient (Wildman–Crippen LogP) is 4.03. The Bertz CT molecular complexity index is 961. The van der Waals surface area contributed by atoms with Crippen LogP contribution in [0.3, 0.4) is 0 Å². The van der Waals surface area contributed by atoms with Gasteiger partial charge in [-0.25, -0.2) is 0 Å². The number of carbonyl (C=O) groups is 2. The molecule has 8 nitrogen and oxygen atoms in total. The van der Waals surface area contributed by atoms with Crippen LogP contribution in [-0.2, 0) is 9.59 Å². The second-order valence-electron chi connectivity index (χ2n) is 7.07. The number of halogens is 1. The first-order chi connectivity index (χ1) is 13.7. The van der Waals surface area contributed by atoms with Crippen LogP contribution in [-0.4, -0.2) is 28.9 Å². The molecule has 0 radical (unpaired) electrons. The minimum atomic E-state index is -0.927. The van der Waals surface area contributed by atoms with E-state index in [0.717, 1.165) is 0 Å². The molecule has 0 bridgehead atoms. The lowest BCUT2D eigenvalue weighted by molar-refractivity contribution is -0.384. The molecule has 1 heterocycles. The van der Waals surface area contributed by atoms with Gasteiger partial charge in [-0.1, -0.05) is 25.4 Å². The first-order valence-corrected chi connectivity index (χ1v) is 9.41. The quantitative estimate of drug-likeness (QED) is 0.584. The van der Waals surface area contributed by atoms with Gasteiger partial charge < -0.3 is 10.1 Å². The van der Waals surface area contributed by atoms with Crippen molar-refractivity contribution >= 4 is 40.5 Å². The number of nitrogens with zero attached hydrogens (tertiary/aromatic N) is 2. The van der Waals surface area contributed by atoms with Crippen molar-refractivity contribution in [3.63, 3.8) is 0 Å². The zero-order valence-electron chi connectivity index (χ0n) is 16.1. The maximum Gasteiger partial charge on any atom is 0.271 e. The molecule has 2 unspecified atom stereocenters. The first-order valence-electron chi connectivity index (χ1n) is 9.03. The molecule has 152 valence electrons. The highest BCUT2D eigenvalue weighted by atomic mass is 35.5. The summed E-state index contributed by atoms with van der Waals surface area (Å²) in [5.41, 5.74) is 0.518. The first kappa shape index (κ1) is 20.6. The Morgan fingerprint density at radius 2 is 1.86 bits per heavy atom. The zero-order chi connectivity index (χ0) is 21.3. The van der Waals surface area contributed by atoms with E-state index >= 15 is 0 Å². The predicted molar refractivity (Wildman–Crippen MR) is 109 cm³/mol. The third kappa shape index (κ3) is 4.17. The minimum absolute atomic E-state index is 0.153. The van der Waals surface area contributed by atoms with Gasteiger partial charge in [0.05, 0.1) is 10.6 Å². The van der Waals surface area contributed by atoms with Crippen molar-refractivity contribution in [2.45, 2.75) is 32.9 Å². The SMILES string of the molecule is CC(C)C1Oc2ccc([N+](=O)[O-])cc2N(C(C)C(=O)Nc2ccc(Cl)cc2)C1=O. The number of fused-ring (bicyclic) bond motifs is 1. The van der Waals surface area contributed by atoms with Crippen molar-refractivity contribution < 1.29 is 19.2 Å². The van der Waals surface area contributed by atoms with Gasteiger partial charge in [0.2, 0.25) is 5.91 Å². The van der Waals surface area contributed by atoms with Gasteiger partial charge in [-0.2, -0.15) is 0 Å². The molecule has 0 spiro atoms. The fraction of sp³-hybridized carbons (Fsp3) is 0.300. The van der Waals surface area contributed by atoms with E-state index in [9.17, 15) is 19.7 Å². The van der Waals surface area contributed by atoms with Crippen LogP contribution in [0.4, 0.5) is 17.1 Å². The molecule has 1 aliphatic heterocycles. The maximum atomic E-state index is 13.1. The van der Waals surface area contributed by atoms with Crippen molar-refractivity contribution in [3.05, 3.63) is 57.6 Å². The summed E-state index contributed by atoms with van der Waals surface area (Å²) in [4.78, 5) is 37.8. The lowest BCUT2D eigenvalue weighted by Crippen LogP contribution is -2.55. The van der Waals surface area contributed by atoms with Crippen LogP contribution in [0.2, 0.25) is 5.02 Å². The van der Waals surface area contributed by atoms with E-state index < -0.39 is 28.9 Å². The average Bonchev–Trinajstić information content (AvgIpc) is 2.68. The van der Waals surface area contributed by atoms with Crippen LogP contribution >= 0.6 is 11.6 Å². The summed E-state index contributed by atoms with van der Waals surface area (Å²) in [6.07, 6.45) is -0.797. The lowest BCUT2D eigenvalue weighted by Gasteiger charge is -2.38. The number of anilines is 2. The molecule has 29 heavy (non-hydrogen) atoms. The monoisotopic (exact) mass is 417 g/mol. The third-order valence-electron chi connectivity index (χ3n) is 4.63. The molecule has 0 aromatic heterocycles. The average molecular weight is 418 g/mol. The van der Waals surface area contributed by atoms with Crippen LogP contribution in [0.15, 0.2) is 42.5 Å². The molecule has 2 atom stereocenters. The number of nitrogens with one attached hydrogen (secondary N) is 1. The standard InChI is InChI=1S/C20H20ClN3O5/c1-11(2)18-20(26)23(16-10-15(24(27)28)8-9-17(16)29-18)12(3)19(25)22-14-6-4-13(21)5-7-14/h4-12,18H,1-3H3,(H,22,25). The Morgan fingerprint density at radius 1 is 1.21 bits per heavy atom. The smallest absolute Gasteiger partial charge is 0.271 e. The van der Waals surface area contributed by atoms with Crippen LogP contribution < -0.4 is 15.0 Å². The second-order valence-corrected chi connectivity index (χ2v) is 7.51. The topological polar surface area (TPSA) is 102 Å². The van der Waals surface area contributed by atoms with E-state index in [1.807, 2.05) is 13.8 Å². The number of nitro benzene ring substituents is 1. The molecule has 3 rings (SSSR count). The molecule has 2 aromatic rings. The molecule has 2 aromatic carbocycles. The highest BCUT2D eigenvalue weighted by Gasteiger charge is 2.41. The Hall–Kier alpha value is -3.13. The number of carbonyl (C=O) groups excluding carboxylic acids is 2. The van der Waals surface area contributed by atoms with E-state index in [2.05, 4.69) is 5.32 Å². The summed E-state index contributed by atoms with van der Waals surface area (Å²) < 4.78 is 5.77. The molecule has 1 aliphatic rings. The third-order valence-corrected chi connectivity index (χ3v) is 4.88. The minimum Gasteiger partial charge on any atom is -0.478 e. The number of non-ortho nitro benzene ring substituents is 1. The Labute approximate surface area is 172 Å². The number of nitro groups is 1. The van der Waals surface area contributed by atoms with Gasteiger partial charge in [-0.3, -0.25) is 24.6 Å². The summed E-state index contributed by atoms with van der Waals surface area (Å²) in [5, 5.41) is 14.5. The fourth-order valence-electron chi connectivity index (χ4n) is 3.07. The molecular formula is C20H20ClN3O5. The number of hydrogen-bond donors (Lipinski definition) is 1. The highest BCUT2D eigenvalue weighted by molar-refractivity contribution is 6.30. The van der Waals surface area contributed by atoms with Gasteiger partial charge >= 0.3 is 0 Å². The van der Waals surface area contributed by atoms with E-state index in [1.54, 1.807) is 31.2 Å². The number of rotatable bonds is 5. The van der Waals surface area contributed by atoms with Gasteiger partial charge in [0.1, 0.15) is 11.8 Å². The number of amides is 2. The highest BCUT2D eigenvalue weighted by Crippen LogP contribution is 2.39. The van der Waals surface area contributed by atoms with E-state index in [4.69, 9.17) is 16.3 Å². The van der Waals surface area contributed by atoms with Crippen LogP contribution in [0.25, 0.3) is 0 Å². The lowest BCUT2D eigenvalue weighted by atomic mass is 10.0. The van der Waals surface area contributed by atoms with Crippen LogP contribution in [0, 0.1) is 16.0 Å². The molecule has 1 N–H and O–H groups in total. The van der Waals surface area contributed by atoms with Gasteiger partial charge in [0, 0.05) is 22.8 Å². The number of benzene rings is 2.